The Morgan fingerprint density at radius 1 is 1.08 bits per heavy atom. The summed E-state index contributed by atoms with van der Waals surface area (Å²) in [6, 6.07) is 9.11. The van der Waals surface area contributed by atoms with Crippen LogP contribution in [0.5, 0.6) is 0 Å². The fraction of sp³-hybridized carbons (Fsp3) is 0.375. The van der Waals surface area contributed by atoms with E-state index in [0.29, 0.717) is 12.1 Å². The Labute approximate surface area is 143 Å². The van der Waals surface area contributed by atoms with Crippen LogP contribution in [-0.4, -0.2) is 26.8 Å². The molecule has 0 bridgehead atoms. The fourth-order valence-corrected chi connectivity index (χ4v) is 5.76. The van der Waals surface area contributed by atoms with E-state index in [4.69, 9.17) is 0 Å². The molecular weight excluding hydrogens is 348 g/mol. The summed E-state index contributed by atoms with van der Waals surface area (Å²) in [6.07, 6.45) is 0.639. The van der Waals surface area contributed by atoms with Crippen molar-refractivity contribution < 1.29 is 16.8 Å². The molecule has 0 fully saturated rings. The van der Waals surface area contributed by atoms with Crippen LogP contribution in [0.1, 0.15) is 31.7 Å². The molecule has 0 spiro atoms. The zero-order valence-electron chi connectivity index (χ0n) is 14.1. The van der Waals surface area contributed by atoms with Gasteiger partial charge in [0.15, 0.2) is 0 Å². The van der Waals surface area contributed by atoms with Gasteiger partial charge < -0.3 is 0 Å². The minimum absolute atomic E-state index is 0.0141. The van der Waals surface area contributed by atoms with Crippen LogP contribution in [0.2, 0.25) is 0 Å². The molecule has 0 aliphatic heterocycles. The van der Waals surface area contributed by atoms with Crippen molar-refractivity contribution in [2.24, 2.45) is 0 Å². The van der Waals surface area contributed by atoms with Crippen LogP contribution in [0.15, 0.2) is 46.2 Å². The highest BCUT2D eigenvalue weighted by atomic mass is 32.2. The van der Waals surface area contributed by atoms with E-state index < -0.39 is 20.0 Å². The summed E-state index contributed by atoms with van der Waals surface area (Å²) in [7, 11) is -7.63. The maximum atomic E-state index is 12.8. The highest BCUT2D eigenvalue weighted by molar-refractivity contribution is 7.90. The molecule has 132 valence electrons. The van der Waals surface area contributed by atoms with E-state index in [0.717, 1.165) is 3.97 Å². The zero-order chi connectivity index (χ0) is 18.1. The van der Waals surface area contributed by atoms with Gasteiger partial charge in [0.05, 0.1) is 10.6 Å². The van der Waals surface area contributed by atoms with Gasteiger partial charge in [-0.3, -0.25) is 0 Å². The first kappa shape index (κ1) is 18.7. The van der Waals surface area contributed by atoms with Crippen LogP contribution < -0.4 is 4.72 Å². The van der Waals surface area contributed by atoms with Crippen LogP contribution in [0.25, 0.3) is 0 Å². The van der Waals surface area contributed by atoms with Crippen molar-refractivity contribution in [1.29, 1.82) is 0 Å². The lowest BCUT2D eigenvalue weighted by molar-refractivity contribution is 0.555. The lowest BCUT2D eigenvalue weighted by Gasteiger charge is -2.13. The lowest BCUT2D eigenvalue weighted by atomic mass is 10.3. The molecule has 1 heterocycles. The Kier molecular flexibility index (Phi) is 5.22. The summed E-state index contributed by atoms with van der Waals surface area (Å²) >= 11 is 0. The Bertz CT molecular complexity index is 930. The van der Waals surface area contributed by atoms with E-state index in [9.17, 15) is 16.8 Å². The average molecular weight is 370 g/mol. The second-order valence-corrected chi connectivity index (χ2v) is 9.22. The molecule has 0 saturated carbocycles. The number of hydrogen-bond donors (Lipinski definition) is 1. The summed E-state index contributed by atoms with van der Waals surface area (Å²) in [6.45, 7) is 6.71. The Morgan fingerprint density at radius 2 is 1.67 bits per heavy atom. The molecule has 8 heteroatoms. The summed E-state index contributed by atoms with van der Waals surface area (Å²) in [5.74, 6) is 0. The summed E-state index contributed by atoms with van der Waals surface area (Å²) < 4.78 is 54.4. The Morgan fingerprint density at radius 3 is 2.21 bits per heavy atom. The maximum absolute atomic E-state index is 12.8. The first-order valence-electron chi connectivity index (χ1n) is 7.63. The minimum atomic E-state index is -3.85. The maximum Gasteiger partial charge on any atom is 0.268 e. The van der Waals surface area contributed by atoms with Crippen molar-refractivity contribution in [1.82, 2.24) is 8.69 Å². The summed E-state index contributed by atoms with van der Waals surface area (Å²) in [4.78, 5) is 0.102. The quantitative estimate of drug-likeness (QED) is 0.846. The van der Waals surface area contributed by atoms with Gasteiger partial charge in [0.25, 0.3) is 10.0 Å². The molecule has 0 unspecified atom stereocenters. The number of nitrogens with zero attached hydrogens (tertiary/aromatic N) is 1. The summed E-state index contributed by atoms with van der Waals surface area (Å²) in [5, 5.41) is 0. The van der Waals surface area contributed by atoms with E-state index in [1.807, 2.05) is 6.92 Å². The molecule has 1 aromatic heterocycles. The molecule has 1 N–H and O–H groups in total. The van der Waals surface area contributed by atoms with Crippen molar-refractivity contribution >= 4 is 20.0 Å². The zero-order valence-corrected chi connectivity index (χ0v) is 15.8. The van der Waals surface area contributed by atoms with Crippen molar-refractivity contribution in [2.45, 2.75) is 49.9 Å². The smallest absolute Gasteiger partial charge is 0.242 e. The monoisotopic (exact) mass is 370 g/mol. The van der Waals surface area contributed by atoms with Crippen LogP contribution in [0, 0.1) is 13.8 Å². The number of hydrogen-bond acceptors (Lipinski definition) is 4. The van der Waals surface area contributed by atoms with E-state index in [1.165, 1.54) is 25.1 Å². The highest BCUT2D eigenvalue weighted by Gasteiger charge is 2.28. The Balaban J connectivity index is 2.59. The van der Waals surface area contributed by atoms with Crippen molar-refractivity contribution in [3.05, 3.63) is 47.8 Å². The van der Waals surface area contributed by atoms with Crippen molar-refractivity contribution in [2.75, 3.05) is 0 Å². The molecule has 2 rings (SSSR count). The molecule has 6 nitrogen and oxygen atoms in total. The molecule has 0 amide bonds. The van der Waals surface area contributed by atoms with Gasteiger partial charge in [-0.05, 0) is 45.4 Å². The van der Waals surface area contributed by atoms with Gasteiger partial charge in [-0.25, -0.2) is 25.5 Å². The van der Waals surface area contributed by atoms with Gasteiger partial charge in [-0.1, -0.05) is 25.1 Å². The third kappa shape index (κ3) is 3.40. The van der Waals surface area contributed by atoms with Crippen molar-refractivity contribution in [3.63, 3.8) is 0 Å². The van der Waals surface area contributed by atoms with Gasteiger partial charge in [0.1, 0.15) is 4.90 Å². The fourth-order valence-electron chi connectivity index (χ4n) is 2.47. The van der Waals surface area contributed by atoms with Crippen LogP contribution in [0.4, 0.5) is 0 Å². The second-order valence-electron chi connectivity index (χ2n) is 5.75. The second kappa shape index (κ2) is 6.70. The molecule has 0 aliphatic carbocycles. The molecule has 0 aliphatic rings. The molecule has 1 atom stereocenters. The standard InChI is InChI=1S/C16H22N2O4S2/c1-5-12(2)17-23(19,20)16-11-13(3)18(14(16)4)24(21,22)15-9-7-6-8-10-15/h6-12,17H,5H2,1-4H3/t12-/m1/s1. The van der Waals surface area contributed by atoms with Gasteiger partial charge in [0, 0.05) is 11.7 Å². The van der Waals surface area contributed by atoms with Crippen LogP contribution in [0.3, 0.4) is 0 Å². The SMILES string of the molecule is CC[C@@H](C)NS(=O)(=O)c1cc(C)n(S(=O)(=O)c2ccccc2)c1C. The molecule has 0 radical (unpaired) electrons. The topological polar surface area (TPSA) is 85.2 Å². The van der Waals surface area contributed by atoms with Gasteiger partial charge in [-0.15, -0.1) is 0 Å². The van der Waals surface area contributed by atoms with Crippen LogP contribution in [-0.2, 0) is 20.0 Å². The molecule has 0 saturated heterocycles. The van der Waals surface area contributed by atoms with E-state index in [-0.39, 0.29) is 21.5 Å². The number of nitrogens with one attached hydrogen (secondary N) is 1. The molecule has 24 heavy (non-hydrogen) atoms. The highest BCUT2D eigenvalue weighted by Crippen LogP contribution is 2.25. The molecular formula is C16H22N2O4S2. The number of sulfonamides is 1. The van der Waals surface area contributed by atoms with Gasteiger partial charge in [-0.2, -0.15) is 0 Å². The predicted octanol–water partition coefficient (Wildman–Crippen LogP) is 2.42. The minimum Gasteiger partial charge on any atom is -0.242 e. The number of benzene rings is 1. The van der Waals surface area contributed by atoms with Crippen LogP contribution >= 0.6 is 0 Å². The third-order valence-corrected chi connectivity index (χ3v) is 7.48. The first-order chi connectivity index (χ1) is 11.1. The largest absolute Gasteiger partial charge is 0.268 e. The van der Waals surface area contributed by atoms with Crippen molar-refractivity contribution in [3.8, 4) is 0 Å². The average Bonchev–Trinajstić information content (AvgIpc) is 2.83. The molecule has 1 aromatic carbocycles. The van der Waals surface area contributed by atoms with Gasteiger partial charge in [0.2, 0.25) is 10.0 Å². The van der Waals surface area contributed by atoms with E-state index >= 15 is 0 Å². The van der Waals surface area contributed by atoms with E-state index in [2.05, 4.69) is 4.72 Å². The number of aryl methyl sites for hydroxylation is 1. The molecule has 2 aromatic rings. The van der Waals surface area contributed by atoms with E-state index in [1.54, 1.807) is 32.0 Å². The Hall–Kier alpha value is -1.64. The normalized spacial score (nSPS) is 13.8. The lowest BCUT2D eigenvalue weighted by Crippen LogP contribution is -2.32. The third-order valence-electron chi connectivity index (χ3n) is 3.86. The predicted molar refractivity (Wildman–Crippen MR) is 93.0 cm³/mol. The number of aromatic nitrogens is 1. The van der Waals surface area contributed by atoms with Gasteiger partial charge >= 0.3 is 0 Å². The number of rotatable bonds is 6. The summed E-state index contributed by atoms with van der Waals surface area (Å²) in [5.41, 5.74) is 0.521. The first-order valence-corrected chi connectivity index (χ1v) is 10.6.